The number of halogens is 2. The molecule has 76 valence electrons. The number of rotatable bonds is 1. The van der Waals surface area contributed by atoms with Crippen molar-refractivity contribution in [3.05, 3.63) is 0 Å². The van der Waals surface area contributed by atoms with Gasteiger partial charge in [0.25, 0.3) is 0 Å². The van der Waals surface area contributed by atoms with Crippen LogP contribution in [-0.2, 0) is 0 Å². The Kier molecular flexibility index (Phi) is 4.13. The summed E-state index contributed by atoms with van der Waals surface area (Å²) in [4.78, 5) is 0. The van der Waals surface area contributed by atoms with Crippen LogP contribution >= 0.6 is 45.7 Å². The summed E-state index contributed by atoms with van der Waals surface area (Å²) < 4.78 is 5.01. The predicted octanol–water partition coefficient (Wildman–Crippen LogP) is 2.86. The Balaban J connectivity index is 1.91. The predicted molar refractivity (Wildman–Crippen MR) is 72.1 cm³/mol. The maximum atomic E-state index is 2.54. The first-order valence-corrected chi connectivity index (χ1v) is 7.03. The van der Waals surface area contributed by atoms with Crippen molar-refractivity contribution in [1.82, 2.24) is 6.23 Å². The van der Waals surface area contributed by atoms with Crippen LogP contribution in [0.4, 0.5) is 0 Å². The van der Waals surface area contributed by atoms with Crippen LogP contribution in [0.25, 0.3) is 0 Å². The van der Waals surface area contributed by atoms with Crippen molar-refractivity contribution in [2.45, 2.75) is 31.7 Å². The lowest BCUT2D eigenvalue weighted by Gasteiger charge is -2.34. The summed E-state index contributed by atoms with van der Waals surface area (Å²) in [6.07, 6.45) is 5.68. The van der Waals surface area contributed by atoms with Crippen LogP contribution in [0, 0.1) is 5.92 Å². The SMILES string of the molecule is IN1CCCC(C2CCCN2I)C1. The van der Waals surface area contributed by atoms with Crippen molar-refractivity contribution in [2.24, 2.45) is 5.92 Å². The van der Waals surface area contributed by atoms with Gasteiger partial charge >= 0.3 is 0 Å². The Morgan fingerprint density at radius 3 is 2.38 bits per heavy atom. The molecule has 0 N–H and O–H groups in total. The van der Waals surface area contributed by atoms with Crippen LogP contribution in [0.1, 0.15) is 25.7 Å². The van der Waals surface area contributed by atoms with Crippen LogP contribution < -0.4 is 0 Å². The molecule has 2 fully saturated rings. The van der Waals surface area contributed by atoms with Gasteiger partial charge in [-0.25, -0.2) is 6.23 Å². The van der Waals surface area contributed by atoms with Gasteiger partial charge in [0.15, 0.2) is 0 Å². The van der Waals surface area contributed by atoms with E-state index in [1.165, 1.54) is 45.3 Å². The standard InChI is InChI=1S/C9H16I2N2/c10-12-5-1-3-8(7-12)9-4-2-6-13(9)11/h8-9H,1-7H2. The molecule has 0 amide bonds. The van der Waals surface area contributed by atoms with Gasteiger partial charge in [-0.2, -0.15) is 0 Å². The lowest BCUT2D eigenvalue weighted by Crippen LogP contribution is -2.38. The van der Waals surface area contributed by atoms with Gasteiger partial charge in [0.1, 0.15) is 0 Å². The minimum Gasteiger partial charge on any atom is -0.247 e. The van der Waals surface area contributed by atoms with Crippen LogP contribution in [0.5, 0.6) is 0 Å². The van der Waals surface area contributed by atoms with Crippen molar-refractivity contribution >= 4 is 45.7 Å². The summed E-state index contributed by atoms with van der Waals surface area (Å²) in [6.45, 7) is 3.92. The van der Waals surface area contributed by atoms with E-state index < -0.39 is 0 Å². The fraction of sp³-hybridized carbons (Fsp3) is 1.00. The van der Waals surface area contributed by atoms with Gasteiger partial charge in [0, 0.05) is 71.4 Å². The second-order valence-electron chi connectivity index (χ2n) is 4.10. The van der Waals surface area contributed by atoms with Gasteiger partial charge in [0.2, 0.25) is 0 Å². The van der Waals surface area contributed by atoms with Crippen LogP contribution in [0.2, 0.25) is 0 Å². The third-order valence-electron chi connectivity index (χ3n) is 3.18. The Labute approximate surface area is 108 Å². The summed E-state index contributed by atoms with van der Waals surface area (Å²) in [5, 5.41) is 0. The van der Waals surface area contributed by atoms with E-state index in [0.29, 0.717) is 0 Å². The highest BCUT2D eigenvalue weighted by Crippen LogP contribution is 2.32. The van der Waals surface area contributed by atoms with E-state index in [2.05, 4.69) is 52.0 Å². The molecule has 13 heavy (non-hydrogen) atoms. The fourth-order valence-corrected chi connectivity index (χ4v) is 4.42. The highest BCUT2D eigenvalue weighted by atomic mass is 127. The molecule has 0 saturated carbocycles. The first-order valence-electron chi connectivity index (χ1n) is 5.10. The molecule has 2 nitrogen and oxygen atoms in total. The Hall–Kier alpha value is 1.38. The molecule has 0 aliphatic carbocycles. The molecule has 2 aliphatic rings. The molecule has 4 heteroatoms. The van der Waals surface area contributed by atoms with Crippen LogP contribution in [-0.4, -0.2) is 31.9 Å². The van der Waals surface area contributed by atoms with Gasteiger partial charge in [-0.15, -0.1) is 0 Å². The summed E-state index contributed by atoms with van der Waals surface area (Å²) in [5.41, 5.74) is 0. The monoisotopic (exact) mass is 406 g/mol. The molecule has 2 rings (SSSR count). The third kappa shape index (κ3) is 2.69. The summed E-state index contributed by atoms with van der Waals surface area (Å²) in [7, 11) is 0. The van der Waals surface area contributed by atoms with Crippen LogP contribution in [0.15, 0.2) is 0 Å². The topological polar surface area (TPSA) is 6.48 Å². The zero-order valence-corrected chi connectivity index (χ0v) is 12.1. The van der Waals surface area contributed by atoms with E-state index in [4.69, 9.17) is 0 Å². The molecule has 2 saturated heterocycles. The third-order valence-corrected chi connectivity index (χ3v) is 5.26. The van der Waals surface area contributed by atoms with Gasteiger partial charge in [-0.3, -0.25) is 0 Å². The summed E-state index contributed by atoms with van der Waals surface area (Å²) >= 11 is 4.99. The zero-order valence-electron chi connectivity index (χ0n) is 7.75. The van der Waals surface area contributed by atoms with Crippen molar-refractivity contribution in [2.75, 3.05) is 19.6 Å². The van der Waals surface area contributed by atoms with E-state index in [0.717, 1.165) is 12.0 Å². The molecule has 2 heterocycles. The molecular weight excluding hydrogens is 390 g/mol. The lowest BCUT2D eigenvalue weighted by molar-refractivity contribution is 0.223. The summed E-state index contributed by atoms with van der Waals surface area (Å²) in [6, 6.07) is 0.873. The molecule has 0 aromatic carbocycles. The average molecular weight is 406 g/mol. The number of hydrogen-bond acceptors (Lipinski definition) is 2. The second kappa shape index (κ2) is 4.94. The molecule has 2 atom stereocenters. The number of piperidine rings is 1. The minimum atomic E-state index is 0.873. The molecule has 0 aromatic rings. The molecule has 0 radical (unpaired) electrons. The minimum absolute atomic E-state index is 0.873. The largest absolute Gasteiger partial charge is 0.247 e. The molecule has 2 aliphatic heterocycles. The van der Waals surface area contributed by atoms with E-state index >= 15 is 0 Å². The Morgan fingerprint density at radius 1 is 1.00 bits per heavy atom. The second-order valence-corrected chi connectivity index (χ2v) is 6.71. The molecule has 2 unspecified atom stereocenters. The van der Waals surface area contributed by atoms with E-state index in [-0.39, 0.29) is 0 Å². The maximum Gasteiger partial charge on any atom is 0.0235 e. The van der Waals surface area contributed by atoms with Crippen LogP contribution in [0.3, 0.4) is 0 Å². The van der Waals surface area contributed by atoms with Crippen molar-refractivity contribution < 1.29 is 0 Å². The smallest absolute Gasteiger partial charge is 0.0235 e. The average Bonchev–Trinajstić information content (AvgIpc) is 2.51. The highest BCUT2D eigenvalue weighted by molar-refractivity contribution is 14.1. The Bertz CT molecular complexity index is 177. The maximum absolute atomic E-state index is 2.54. The number of hydrogen-bond donors (Lipinski definition) is 0. The normalized spacial score (nSPS) is 38.3. The fourth-order valence-electron chi connectivity index (χ4n) is 2.50. The van der Waals surface area contributed by atoms with Gasteiger partial charge in [-0.1, -0.05) is 0 Å². The van der Waals surface area contributed by atoms with Crippen molar-refractivity contribution in [3.63, 3.8) is 0 Å². The molecular formula is C9H16I2N2. The highest BCUT2D eigenvalue weighted by Gasteiger charge is 2.32. The van der Waals surface area contributed by atoms with Crippen molar-refractivity contribution in [1.29, 1.82) is 0 Å². The summed E-state index contributed by atoms with van der Waals surface area (Å²) in [5.74, 6) is 0.935. The lowest BCUT2D eigenvalue weighted by atomic mass is 9.91. The zero-order chi connectivity index (χ0) is 9.26. The number of nitrogens with zero attached hydrogens (tertiary/aromatic N) is 2. The van der Waals surface area contributed by atoms with E-state index in [1.54, 1.807) is 0 Å². The van der Waals surface area contributed by atoms with Crippen molar-refractivity contribution in [3.8, 4) is 0 Å². The molecule has 0 bridgehead atoms. The van der Waals surface area contributed by atoms with E-state index in [9.17, 15) is 0 Å². The molecule has 0 aromatic heterocycles. The van der Waals surface area contributed by atoms with Gasteiger partial charge < -0.3 is 0 Å². The van der Waals surface area contributed by atoms with Gasteiger partial charge in [-0.05, 0) is 31.6 Å². The first kappa shape index (κ1) is 10.9. The quantitative estimate of drug-likeness (QED) is 0.489. The Morgan fingerprint density at radius 2 is 1.77 bits per heavy atom. The van der Waals surface area contributed by atoms with E-state index in [1.807, 2.05) is 0 Å². The molecule has 0 spiro atoms. The first-order chi connectivity index (χ1) is 6.27. The van der Waals surface area contributed by atoms with Gasteiger partial charge in [0.05, 0.1) is 0 Å².